The average Bonchev–Trinajstić information content (AvgIpc) is 2.69. The summed E-state index contributed by atoms with van der Waals surface area (Å²) in [5.74, 6) is 1.02. The first-order valence-electron chi connectivity index (χ1n) is 5.63. The molecular formula is C13H15N3O. The van der Waals surface area contributed by atoms with Gasteiger partial charge in [-0.15, -0.1) is 0 Å². The summed E-state index contributed by atoms with van der Waals surface area (Å²) in [7, 11) is 0. The number of carbonyl (C=O) groups is 1. The number of aryl methyl sites for hydroxylation is 2. The molecule has 0 fully saturated rings. The molecule has 2 aromatic heterocycles. The van der Waals surface area contributed by atoms with Gasteiger partial charge in [-0.25, -0.2) is 4.98 Å². The van der Waals surface area contributed by atoms with Crippen LogP contribution in [0.2, 0.25) is 0 Å². The number of rotatable bonds is 4. The van der Waals surface area contributed by atoms with Crippen LogP contribution in [0.3, 0.4) is 0 Å². The smallest absolute Gasteiger partial charge is 0.130 e. The summed E-state index contributed by atoms with van der Waals surface area (Å²) in [6.45, 7) is 3.56. The van der Waals surface area contributed by atoms with Crippen molar-refractivity contribution in [1.29, 1.82) is 0 Å². The molecule has 2 aromatic rings. The molecular weight excluding hydrogens is 214 g/mol. The molecule has 0 atom stereocenters. The molecule has 4 heteroatoms. The van der Waals surface area contributed by atoms with Gasteiger partial charge in [-0.2, -0.15) is 0 Å². The third-order valence-electron chi connectivity index (χ3n) is 2.56. The highest BCUT2D eigenvalue weighted by atomic mass is 16.1. The summed E-state index contributed by atoms with van der Waals surface area (Å²) in [4.78, 5) is 22.9. The summed E-state index contributed by atoms with van der Waals surface area (Å²) in [6, 6.07) is 5.74. The zero-order valence-electron chi connectivity index (χ0n) is 10.0. The lowest BCUT2D eigenvalue weighted by atomic mass is 10.2. The molecule has 0 aromatic carbocycles. The van der Waals surface area contributed by atoms with E-state index in [1.807, 2.05) is 25.1 Å². The van der Waals surface area contributed by atoms with E-state index in [-0.39, 0.29) is 5.78 Å². The van der Waals surface area contributed by atoms with Gasteiger partial charge in [-0.1, -0.05) is 6.07 Å². The van der Waals surface area contributed by atoms with Crippen molar-refractivity contribution in [2.75, 3.05) is 0 Å². The van der Waals surface area contributed by atoms with Crippen molar-refractivity contribution < 1.29 is 4.79 Å². The number of nitrogens with one attached hydrogen (secondary N) is 1. The molecule has 0 bridgehead atoms. The molecule has 0 saturated heterocycles. The first-order valence-corrected chi connectivity index (χ1v) is 5.63. The molecule has 0 spiro atoms. The zero-order chi connectivity index (χ0) is 12.3. The highest BCUT2D eigenvalue weighted by Crippen LogP contribution is 2.18. The normalized spacial score (nSPS) is 10.5. The van der Waals surface area contributed by atoms with E-state index in [0.29, 0.717) is 12.8 Å². The van der Waals surface area contributed by atoms with Crippen LogP contribution in [0.1, 0.15) is 24.9 Å². The van der Waals surface area contributed by atoms with Gasteiger partial charge in [0.05, 0.1) is 5.69 Å². The molecule has 0 amide bonds. The lowest BCUT2D eigenvalue weighted by Gasteiger charge is -1.95. The fourth-order valence-corrected chi connectivity index (χ4v) is 1.69. The van der Waals surface area contributed by atoms with E-state index < -0.39 is 0 Å². The van der Waals surface area contributed by atoms with Gasteiger partial charge in [-0.05, 0) is 26.0 Å². The minimum absolute atomic E-state index is 0.179. The molecule has 0 aliphatic rings. The zero-order valence-corrected chi connectivity index (χ0v) is 10.0. The van der Waals surface area contributed by atoms with E-state index in [2.05, 4.69) is 15.0 Å². The molecule has 0 aliphatic carbocycles. The van der Waals surface area contributed by atoms with E-state index in [4.69, 9.17) is 0 Å². The molecule has 0 saturated carbocycles. The van der Waals surface area contributed by atoms with Crippen LogP contribution in [-0.2, 0) is 11.2 Å². The summed E-state index contributed by atoms with van der Waals surface area (Å²) in [5.41, 5.74) is 2.71. The van der Waals surface area contributed by atoms with Crippen molar-refractivity contribution in [3.63, 3.8) is 0 Å². The monoisotopic (exact) mass is 229 g/mol. The Morgan fingerprint density at radius 2 is 2.24 bits per heavy atom. The van der Waals surface area contributed by atoms with Gasteiger partial charge in [0.25, 0.3) is 0 Å². The average molecular weight is 229 g/mol. The van der Waals surface area contributed by atoms with E-state index in [1.165, 1.54) is 0 Å². The molecule has 88 valence electrons. The van der Waals surface area contributed by atoms with Crippen molar-refractivity contribution >= 4 is 5.78 Å². The minimum atomic E-state index is 0.179. The van der Waals surface area contributed by atoms with Gasteiger partial charge >= 0.3 is 0 Å². The summed E-state index contributed by atoms with van der Waals surface area (Å²) in [5, 5.41) is 0. The van der Waals surface area contributed by atoms with Crippen LogP contribution in [0, 0.1) is 6.92 Å². The highest BCUT2D eigenvalue weighted by Gasteiger charge is 2.09. The quantitative estimate of drug-likeness (QED) is 0.875. The number of nitrogens with zero attached hydrogens (tertiary/aromatic N) is 2. The molecule has 0 aliphatic heterocycles. The van der Waals surface area contributed by atoms with Crippen LogP contribution >= 0.6 is 0 Å². The Kier molecular flexibility index (Phi) is 3.32. The summed E-state index contributed by atoms with van der Waals surface area (Å²) >= 11 is 0. The number of carbonyl (C=O) groups excluding carboxylic acids is 1. The van der Waals surface area contributed by atoms with Crippen LogP contribution in [0.5, 0.6) is 0 Å². The number of aromatic nitrogens is 3. The van der Waals surface area contributed by atoms with Gasteiger partial charge in [0.15, 0.2) is 0 Å². The number of aromatic amines is 1. The first kappa shape index (κ1) is 11.5. The number of H-pyrrole nitrogens is 1. The van der Waals surface area contributed by atoms with Crippen molar-refractivity contribution in [1.82, 2.24) is 15.0 Å². The molecule has 1 N–H and O–H groups in total. The van der Waals surface area contributed by atoms with Crippen molar-refractivity contribution in [2.45, 2.75) is 26.7 Å². The maximum absolute atomic E-state index is 10.9. The Labute approximate surface area is 100 Å². The fraction of sp³-hybridized carbons (Fsp3) is 0.308. The number of ketones is 1. The van der Waals surface area contributed by atoms with Crippen molar-refractivity contribution in [3.8, 4) is 11.4 Å². The lowest BCUT2D eigenvalue weighted by Crippen LogP contribution is -1.95. The predicted molar refractivity (Wildman–Crippen MR) is 65.6 cm³/mol. The molecule has 17 heavy (non-hydrogen) atoms. The Morgan fingerprint density at radius 3 is 2.88 bits per heavy atom. The van der Waals surface area contributed by atoms with Gasteiger partial charge < -0.3 is 9.78 Å². The molecule has 2 heterocycles. The SMILES string of the molecule is CC(=O)CCc1nc(-c2ccccn2)c(C)[nH]1. The number of hydrogen-bond donors (Lipinski definition) is 1. The maximum atomic E-state index is 10.9. The van der Waals surface area contributed by atoms with E-state index >= 15 is 0 Å². The first-order chi connectivity index (χ1) is 8.16. The van der Waals surface area contributed by atoms with Crippen molar-refractivity contribution in [3.05, 3.63) is 35.9 Å². The van der Waals surface area contributed by atoms with Crippen LogP contribution in [0.15, 0.2) is 24.4 Å². The Bertz CT molecular complexity index is 517. The second-order valence-electron chi connectivity index (χ2n) is 4.07. The second-order valence-corrected chi connectivity index (χ2v) is 4.07. The number of pyridine rings is 1. The molecule has 0 radical (unpaired) electrons. The van der Waals surface area contributed by atoms with Gasteiger partial charge in [-0.3, -0.25) is 4.98 Å². The van der Waals surface area contributed by atoms with Gasteiger partial charge in [0.2, 0.25) is 0 Å². The van der Waals surface area contributed by atoms with Gasteiger partial charge in [0, 0.05) is 24.7 Å². The number of hydrogen-bond acceptors (Lipinski definition) is 3. The fourth-order valence-electron chi connectivity index (χ4n) is 1.69. The summed E-state index contributed by atoms with van der Waals surface area (Å²) in [6.07, 6.45) is 2.93. The molecule has 0 unspecified atom stereocenters. The van der Waals surface area contributed by atoms with Gasteiger partial charge in [0.1, 0.15) is 17.3 Å². The van der Waals surface area contributed by atoms with Crippen LogP contribution in [-0.4, -0.2) is 20.7 Å². The second kappa shape index (κ2) is 4.91. The van der Waals surface area contributed by atoms with Crippen LogP contribution in [0.25, 0.3) is 11.4 Å². The largest absolute Gasteiger partial charge is 0.346 e. The number of Topliss-reactive ketones (excluding diaryl/α,β-unsaturated/α-hetero) is 1. The lowest BCUT2D eigenvalue weighted by molar-refractivity contribution is -0.117. The molecule has 4 nitrogen and oxygen atoms in total. The third kappa shape index (κ3) is 2.78. The number of imidazole rings is 1. The van der Waals surface area contributed by atoms with Crippen molar-refractivity contribution in [2.24, 2.45) is 0 Å². The van der Waals surface area contributed by atoms with E-state index in [1.54, 1.807) is 13.1 Å². The minimum Gasteiger partial charge on any atom is -0.346 e. The highest BCUT2D eigenvalue weighted by molar-refractivity contribution is 5.75. The van der Waals surface area contributed by atoms with Crippen LogP contribution < -0.4 is 0 Å². The maximum Gasteiger partial charge on any atom is 0.130 e. The summed E-state index contributed by atoms with van der Waals surface area (Å²) < 4.78 is 0. The van der Waals surface area contributed by atoms with E-state index in [0.717, 1.165) is 22.9 Å². The Hall–Kier alpha value is -1.97. The topological polar surface area (TPSA) is 58.6 Å². The Balaban J connectivity index is 2.22. The standard InChI is InChI=1S/C13H15N3O/c1-9(17)6-7-12-15-10(2)13(16-12)11-5-3-4-8-14-11/h3-5,8H,6-7H2,1-2H3,(H,15,16). The Morgan fingerprint density at radius 1 is 1.41 bits per heavy atom. The predicted octanol–water partition coefficient (Wildman–Crippen LogP) is 2.30. The third-order valence-corrected chi connectivity index (χ3v) is 2.56. The van der Waals surface area contributed by atoms with Crippen LogP contribution in [0.4, 0.5) is 0 Å². The molecule has 2 rings (SSSR count). The van der Waals surface area contributed by atoms with E-state index in [9.17, 15) is 4.79 Å².